The van der Waals surface area contributed by atoms with Gasteiger partial charge in [0.1, 0.15) is 35.2 Å². The standard InChI is InChI=1S/C65H77F9N4O11S2/c1-59(2,30-33-85-47-22-24-48-40(36-47)12-23-50-49(48)28-29-60(3)51(50)25-26-54(60)86-34-31-77(4)32-35-87-62(63(66,67)68,64(69,70)71)65(72,73)74)90-91-76-55(80)27-13-41-38-78(58(82)75-57(41)81)56-37-52(79)53(89-56)39-88-61(42-10-8-7-9-11-42,43-14-18-45(83-5)19-15-43)44-16-20-46(84-6)21-17-44/h7-11,14-22,24,36,38,49-54,56,79H,12-13,23,25-35,37,39H2,1-6H3,(H,76,80)(H,75,81,82)/t49?,50?,51-,52-,53+,54-,56+,60-/m0/s1. The number of aromatic amines is 1. The van der Waals surface area contributed by atoms with Gasteiger partial charge in [0, 0.05) is 53.4 Å². The van der Waals surface area contributed by atoms with Crippen molar-refractivity contribution < 1.29 is 82.6 Å². The molecule has 2 heterocycles. The van der Waals surface area contributed by atoms with E-state index in [1.54, 1.807) is 14.2 Å². The van der Waals surface area contributed by atoms with Gasteiger partial charge in [-0.15, -0.1) is 0 Å². The first kappa shape index (κ1) is 69.6. The number of fused-ring (bicyclic) bond motifs is 5. The van der Waals surface area contributed by atoms with Gasteiger partial charge in [0.05, 0.1) is 52.9 Å². The van der Waals surface area contributed by atoms with Crippen LogP contribution in [-0.4, -0.2) is 133 Å². The van der Waals surface area contributed by atoms with Gasteiger partial charge in [-0.25, -0.2) is 4.79 Å². The fourth-order valence-corrected chi connectivity index (χ4v) is 15.6. The van der Waals surface area contributed by atoms with E-state index in [2.05, 4.69) is 33.5 Å². The van der Waals surface area contributed by atoms with Gasteiger partial charge in [0.2, 0.25) is 5.91 Å². The number of aliphatic hydroxyl groups excluding tert-OH is 1. The quantitative estimate of drug-likeness (QED) is 0.0196. The number of nitrogens with zero attached hydrogens (tertiary/aromatic N) is 2. The van der Waals surface area contributed by atoms with Crippen LogP contribution in [0.4, 0.5) is 39.5 Å². The second kappa shape index (κ2) is 28.5. The number of nitrogens with one attached hydrogen (secondary N) is 2. The maximum Gasteiger partial charge on any atom is 0.435 e. The van der Waals surface area contributed by atoms with Crippen LogP contribution in [0.3, 0.4) is 0 Å². The van der Waals surface area contributed by atoms with Crippen molar-refractivity contribution in [2.24, 2.45) is 17.3 Å². The number of aromatic nitrogens is 2. The van der Waals surface area contributed by atoms with Gasteiger partial charge in [0.25, 0.3) is 5.56 Å². The molecule has 2 unspecified atom stereocenters. The minimum Gasteiger partial charge on any atom is -0.497 e. The van der Waals surface area contributed by atoms with Crippen LogP contribution in [0.5, 0.6) is 17.2 Å². The Kier molecular flexibility index (Phi) is 21.8. The number of rotatable bonds is 27. The molecule has 5 aromatic rings. The summed E-state index contributed by atoms with van der Waals surface area (Å²) >= 11 is 0. The van der Waals surface area contributed by atoms with Gasteiger partial charge in [-0.3, -0.25) is 23.9 Å². The van der Waals surface area contributed by atoms with Crippen molar-refractivity contribution in [2.45, 2.75) is 150 Å². The fourth-order valence-electron chi connectivity index (χ4n) is 13.6. The number of carbonyl (C=O) groups is 1. The predicted molar refractivity (Wildman–Crippen MR) is 325 cm³/mol. The van der Waals surface area contributed by atoms with E-state index in [1.165, 1.54) is 55.6 Å². The Morgan fingerprint density at radius 2 is 1.41 bits per heavy atom. The molecule has 498 valence electrons. The average molecular weight is 1330 g/mol. The number of alkyl halides is 9. The van der Waals surface area contributed by atoms with Gasteiger partial charge in [-0.1, -0.05) is 78.4 Å². The number of carbonyl (C=O) groups excluding carboxylic acids is 1. The second-order valence-electron chi connectivity index (χ2n) is 24.7. The summed E-state index contributed by atoms with van der Waals surface area (Å²) in [6.45, 7) is 4.65. The van der Waals surface area contributed by atoms with Crippen LogP contribution < -0.4 is 30.2 Å². The summed E-state index contributed by atoms with van der Waals surface area (Å²) in [4.78, 5) is 43.2. The number of methoxy groups -OCH3 is 2. The highest BCUT2D eigenvalue weighted by Crippen LogP contribution is 2.62. The number of amides is 1. The lowest BCUT2D eigenvalue weighted by Crippen LogP contribution is -2.68. The molecule has 26 heteroatoms. The van der Waals surface area contributed by atoms with Crippen molar-refractivity contribution in [2.75, 3.05) is 60.8 Å². The minimum absolute atomic E-state index is 0.0169. The largest absolute Gasteiger partial charge is 0.497 e. The molecule has 4 aromatic carbocycles. The smallest absolute Gasteiger partial charge is 0.435 e. The molecule has 1 aromatic heterocycles. The summed E-state index contributed by atoms with van der Waals surface area (Å²) in [5, 5.41) is 11.4. The molecule has 8 atom stereocenters. The SMILES string of the molecule is COc1ccc(C(OC[C@H]2O[C@@H](n3cc(CCC(=O)NSSC(C)(C)CCOc4ccc5c(c4)CCC4C5CC[C@]5(C)[C@@H](OCCN(C)CCOC(C(F)(F)F)(C(F)(F)F)C(F)(F)F)CC[C@@H]45)c(=O)[nH]c3=O)C[C@@H]2O)(c2ccccc2)c2ccc(OC)cc2)cc1. The Morgan fingerprint density at radius 1 is 0.791 bits per heavy atom. The molecule has 9 rings (SSSR count). The number of halogens is 9. The number of aliphatic hydroxyl groups is 1. The molecule has 0 bridgehead atoms. The Hall–Kier alpha value is -5.74. The average Bonchev–Trinajstić information content (AvgIpc) is 1.67. The van der Waals surface area contributed by atoms with E-state index in [4.69, 9.17) is 28.4 Å². The van der Waals surface area contributed by atoms with Crippen molar-refractivity contribution in [3.8, 4) is 17.2 Å². The minimum atomic E-state index is -6.78. The summed E-state index contributed by atoms with van der Waals surface area (Å²) in [6.07, 6.45) is -16.1. The van der Waals surface area contributed by atoms with Crippen LogP contribution in [0.15, 0.2) is 113 Å². The lowest BCUT2D eigenvalue weighted by atomic mass is 9.55. The van der Waals surface area contributed by atoms with Gasteiger partial charge in [0.15, 0.2) is 0 Å². The molecular weight excluding hydrogens is 1250 g/mol. The zero-order valence-electron chi connectivity index (χ0n) is 51.3. The van der Waals surface area contributed by atoms with Crippen molar-refractivity contribution in [1.82, 2.24) is 19.2 Å². The number of hydrogen-bond acceptors (Lipinski definition) is 14. The van der Waals surface area contributed by atoms with Crippen LogP contribution in [-0.2, 0) is 42.2 Å². The van der Waals surface area contributed by atoms with E-state index in [9.17, 15) is 59.0 Å². The molecule has 91 heavy (non-hydrogen) atoms. The molecule has 1 saturated heterocycles. The zero-order valence-corrected chi connectivity index (χ0v) is 52.9. The number of hydrogen-bond donors (Lipinski definition) is 3. The van der Waals surface area contributed by atoms with E-state index in [1.807, 2.05) is 98.8 Å². The summed E-state index contributed by atoms with van der Waals surface area (Å²) < 4.78 is 164. The Morgan fingerprint density at radius 3 is 2.03 bits per heavy atom. The lowest BCUT2D eigenvalue weighted by molar-refractivity contribution is -0.457. The number of H-pyrrole nitrogens is 1. The molecule has 4 aliphatic rings. The molecular formula is C65H77F9N4O11S2. The molecule has 2 saturated carbocycles. The van der Waals surface area contributed by atoms with Crippen LogP contribution in [0.1, 0.15) is 118 Å². The molecule has 3 aliphatic carbocycles. The van der Waals surface area contributed by atoms with Crippen molar-refractivity contribution in [3.05, 3.63) is 157 Å². The number of likely N-dealkylation sites (N-methyl/N-ethyl adjacent to an activating group) is 1. The van der Waals surface area contributed by atoms with E-state index in [-0.39, 0.29) is 66.8 Å². The van der Waals surface area contributed by atoms with Gasteiger partial charge < -0.3 is 43.2 Å². The van der Waals surface area contributed by atoms with Crippen molar-refractivity contribution in [1.29, 1.82) is 0 Å². The van der Waals surface area contributed by atoms with Crippen molar-refractivity contribution in [3.63, 3.8) is 0 Å². The Labute approximate surface area is 529 Å². The highest BCUT2D eigenvalue weighted by molar-refractivity contribution is 8.76. The summed E-state index contributed by atoms with van der Waals surface area (Å²) in [6, 6.07) is 31.0. The molecule has 15 nitrogen and oxygen atoms in total. The number of benzene rings is 4. The third kappa shape index (κ3) is 15.1. The Balaban J connectivity index is 0.713. The molecule has 3 fully saturated rings. The highest BCUT2D eigenvalue weighted by Gasteiger charge is 2.85. The molecule has 0 spiro atoms. The monoisotopic (exact) mass is 1320 g/mol. The normalized spacial score (nSPS) is 22.9. The lowest BCUT2D eigenvalue weighted by Gasteiger charge is -2.50. The van der Waals surface area contributed by atoms with Crippen LogP contribution >= 0.6 is 21.8 Å². The maximum atomic E-state index is 13.3. The first-order valence-corrected chi connectivity index (χ1v) is 32.4. The van der Waals surface area contributed by atoms with Crippen molar-refractivity contribution >= 4 is 27.7 Å². The maximum absolute atomic E-state index is 13.3. The van der Waals surface area contributed by atoms with E-state index in [0.29, 0.717) is 42.3 Å². The summed E-state index contributed by atoms with van der Waals surface area (Å²) in [5.74, 6) is 2.83. The third-order valence-corrected chi connectivity index (χ3v) is 21.5. The summed E-state index contributed by atoms with van der Waals surface area (Å²) in [7, 11) is 7.18. The molecule has 0 radical (unpaired) electrons. The van der Waals surface area contributed by atoms with Crippen LogP contribution in [0, 0.1) is 17.3 Å². The van der Waals surface area contributed by atoms with Crippen LogP contribution in [0.2, 0.25) is 0 Å². The Bertz CT molecular complexity index is 3290. The number of aryl methyl sites for hydroxylation is 2. The molecule has 1 aliphatic heterocycles. The first-order valence-electron chi connectivity index (χ1n) is 30.2. The van der Waals surface area contributed by atoms with E-state index < -0.39 is 72.6 Å². The highest BCUT2D eigenvalue weighted by atomic mass is 33.1. The molecule has 1 amide bonds. The van der Waals surface area contributed by atoms with Gasteiger partial charge in [-0.05, 0) is 160 Å². The predicted octanol–water partition coefficient (Wildman–Crippen LogP) is 12.4. The molecule has 3 N–H and O–H groups in total. The zero-order chi connectivity index (χ0) is 65.7. The van der Waals surface area contributed by atoms with E-state index >= 15 is 0 Å². The topological polar surface area (TPSA) is 172 Å². The van der Waals surface area contributed by atoms with Crippen LogP contribution in [0.25, 0.3) is 0 Å². The van der Waals surface area contributed by atoms with Gasteiger partial charge >= 0.3 is 29.8 Å². The fraction of sp³-hybridized carbons (Fsp3) is 0.554. The second-order valence-corrected chi connectivity index (χ2v) is 27.3. The summed E-state index contributed by atoms with van der Waals surface area (Å²) in [5.41, 5.74) is -3.94. The number of ether oxygens (including phenoxy) is 7. The van der Waals surface area contributed by atoms with Gasteiger partial charge in [-0.2, -0.15) is 39.5 Å². The first-order chi connectivity index (χ1) is 43.0. The third-order valence-electron chi connectivity index (χ3n) is 18.6. The van der Waals surface area contributed by atoms with E-state index in [0.717, 1.165) is 61.0 Å².